The van der Waals surface area contributed by atoms with Crippen LogP contribution in [-0.4, -0.2) is 64.9 Å². The third-order valence-corrected chi connectivity index (χ3v) is 8.99. The number of carbonyl (C=O) groups excluding carboxylic acids is 3. The van der Waals surface area contributed by atoms with Crippen molar-refractivity contribution in [3.63, 3.8) is 0 Å². The summed E-state index contributed by atoms with van der Waals surface area (Å²) in [6.07, 6.45) is 0.631. The van der Waals surface area contributed by atoms with Crippen molar-refractivity contribution >= 4 is 23.4 Å². The van der Waals surface area contributed by atoms with Crippen molar-refractivity contribution < 1.29 is 23.2 Å². The normalized spacial score (nSPS) is 34.5. The van der Waals surface area contributed by atoms with Crippen LogP contribution < -0.4 is 11.1 Å². The first-order chi connectivity index (χ1) is 16.8. The third kappa shape index (κ3) is 3.73. The lowest BCUT2D eigenvalue weighted by molar-refractivity contribution is -0.147. The van der Waals surface area contributed by atoms with Crippen LogP contribution in [-0.2, 0) is 19.8 Å². The fourth-order valence-corrected chi connectivity index (χ4v) is 6.87. The lowest BCUT2D eigenvalue weighted by atomic mass is 9.77. The summed E-state index contributed by atoms with van der Waals surface area (Å²) in [5.41, 5.74) is 5.52. The molecule has 7 nitrogen and oxygen atoms in total. The number of carbonyl (C=O) groups is 3. The fourth-order valence-electron chi connectivity index (χ4n) is 6.87. The van der Waals surface area contributed by atoms with Gasteiger partial charge in [0, 0.05) is 19.1 Å². The Morgan fingerprint density at radius 3 is 2.64 bits per heavy atom. The van der Waals surface area contributed by atoms with E-state index in [0.717, 1.165) is 0 Å². The van der Waals surface area contributed by atoms with Crippen LogP contribution in [0.2, 0.25) is 0 Å². The molecule has 3 aliphatic heterocycles. The SMILES string of the molecule is C[C@@H]1C[C@@]2(CN1C(=O)[C@@H]1[C@H]3C[C@H](F)CCC3CN1C(=O)[C@@H](N)C(C)(C)C)C(=O)Nc1c(F)cccc12. The number of nitrogens with two attached hydrogens (primary N) is 1. The van der Waals surface area contributed by atoms with Crippen molar-refractivity contribution in [3.05, 3.63) is 29.6 Å². The Hall–Kier alpha value is -2.55. The Morgan fingerprint density at radius 1 is 1.22 bits per heavy atom. The Balaban J connectivity index is 1.48. The number of para-hydroxylation sites is 1. The van der Waals surface area contributed by atoms with Gasteiger partial charge in [0.1, 0.15) is 18.0 Å². The number of alkyl halides is 1. The zero-order chi connectivity index (χ0) is 26.2. The lowest BCUT2D eigenvalue weighted by Crippen LogP contribution is -2.57. The van der Waals surface area contributed by atoms with Crippen molar-refractivity contribution in [1.82, 2.24) is 9.80 Å². The minimum atomic E-state index is -1.05. The van der Waals surface area contributed by atoms with Gasteiger partial charge in [-0.2, -0.15) is 0 Å². The summed E-state index contributed by atoms with van der Waals surface area (Å²) in [6, 6.07) is 2.68. The van der Waals surface area contributed by atoms with Gasteiger partial charge < -0.3 is 20.9 Å². The van der Waals surface area contributed by atoms with E-state index in [-0.39, 0.29) is 54.3 Å². The number of rotatable bonds is 2. The Kier molecular flexibility index (Phi) is 5.93. The van der Waals surface area contributed by atoms with Crippen molar-refractivity contribution in [2.24, 2.45) is 23.0 Å². The number of halogens is 2. The molecule has 5 rings (SSSR count). The van der Waals surface area contributed by atoms with Crippen LogP contribution in [0.25, 0.3) is 0 Å². The van der Waals surface area contributed by atoms with Gasteiger partial charge in [-0.15, -0.1) is 0 Å². The van der Waals surface area contributed by atoms with Crippen LogP contribution in [0.5, 0.6) is 0 Å². The second-order valence-corrected chi connectivity index (χ2v) is 12.3. The zero-order valence-corrected chi connectivity index (χ0v) is 21.4. The van der Waals surface area contributed by atoms with Gasteiger partial charge in [0.05, 0.1) is 17.1 Å². The maximum atomic E-state index is 14.5. The number of likely N-dealkylation sites (tertiary alicyclic amines) is 2. The van der Waals surface area contributed by atoms with Crippen molar-refractivity contribution in [2.75, 3.05) is 18.4 Å². The molecule has 9 heteroatoms. The van der Waals surface area contributed by atoms with E-state index in [1.165, 1.54) is 6.07 Å². The maximum absolute atomic E-state index is 14.5. The van der Waals surface area contributed by atoms with Crippen LogP contribution in [0.1, 0.15) is 58.9 Å². The highest BCUT2D eigenvalue weighted by Gasteiger charge is 2.58. The Morgan fingerprint density at radius 2 is 1.94 bits per heavy atom. The number of hydrogen-bond donors (Lipinski definition) is 2. The van der Waals surface area contributed by atoms with E-state index < -0.39 is 34.9 Å². The van der Waals surface area contributed by atoms with Gasteiger partial charge in [-0.1, -0.05) is 32.9 Å². The fraction of sp³-hybridized carbons (Fsp3) is 0.667. The van der Waals surface area contributed by atoms with Gasteiger partial charge in [0.15, 0.2) is 0 Å². The summed E-state index contributed by atoms with van der Waals surface area (Å²) >= 11 is 0. The summed E-state index contributed by atoms with van der Waals surface area (Å²) in [7, 11) is 0. The third-order valence-electron chi connectivity index (χ3n) is 8.99. The molecule has 1 aromatic carbocycles. The molecule has 0 aromatic heterocycles. The predicted octanol–water partition coefficient (Wildman–Crippen LogP) is 2.98. The first-order valence-electron chi connectivity index (χ1n) is 13.0. The molecule has 196 valence electrons. The summed E-state index contributed by atoms with van der Waals surface area (Å²) < 4.78 is 29.0. The predicted molar refractivity (Wildman–Crippen MR) is 131 cm³/mol. The molecule has 1 saturated carbocycles. The summed E-state index contributed by atoms with van der Waals surface area (Å²) in [4.78, 5) is 44.1. The summed E-state index contributed by atoms with van der Waals surface area (Å²) in [6.45, 7) is 8.00. The highest BCUT2D eigenvalue weighted by atomic mass is 19.1. The van der Waals surface area contributed by atoms with E-state index in [0.29, 0.717) is 31.4 Å². The molecule has 3 amide bonds. The highest BCUT2D eigenvalue weighted by molar-refractivity contribution is 6.07. The van der Waals surface area contributed by atoms with Gasteiger partial charge in [-0.3, -0.25) is 14.4 Å². The molecule has 0 radical (unpaired) electrons. The second-order valence-electron chi connectivity index (χ2n) is 12.3. The average Bonchev–Trinajstić information content (AvgIpc) is 3.44. The van der Waals surface area contributed by atoms with Gasteiger partial charge in [0.25, 0.3) is 0 Å². The van der Waals surface area contributed by atoms with E-state index in [4.69, 9.17) is 5.73 Å². The van der Waals surface area contributed by atoms with Gasteiger partial charge in [-0.05, 0) is 61.5 Å². The molecule has 1 aromatic rings. The minimum Gasteiger partial charge on any atom is -0.337 e. The number of benzene rings is 1. The molecule has 36 heavy (non-hydrogen) atoms. The van der Waals surface area contributed by atoms with E-state index in [1.54, 1.807) is 21.9 Å². The number of amides is 3. The second kappa shape index (κ2) is 8.50. The molecule has 1 unspecified atom stereocenters. The molecule has 3 fully saturated rings. The number of fused-ring (bicyclic) bond motifs is 3. The monoisotopic (exact) mass is 502 g/mol. The van der Waals surface area contributed by atoms with Crippen LogP contribution in [0, 0.1) is 23.1 Å². The molecule has 3 N–H and O–H groups in total. The van der Waals surface area contributed by atoms with Crippen LogP contribution in [0.3, 0.4) is 0 Å². The highest BCUT2D eigenvalue weighted by Crippen LogP contribution is 2.49. The molecule has 4 aliphatic rings. The van der Waals surface area contributed by atoms with E-state index in [9.17, 15) is 23.2 Å². The Bertz CT molecular complexity index is 1100. The largest absolute Gasteiger partial charge is 0.337 e. The molecule has 0 bridgehead atoms. The number of anilines is 1. The van der Waals surface area contributed by atoms with Crippen molar-refractivity contribution in [3.8, 4) is 0 Å². The average molecular weight is 503 g/mol. The standard InChI is InChI=1S/C27H36F2N4O3/c1-14-11-27(18-6-5-7-19(29)20(18)31-25(27)36)13-33(14)23(34)21-17-10-16(28)9-8-15(17)12-32(21)24(35)22(30)26(2,3)4/h5-7,14-17,21-22H,8-13,30H2,1-4H3,(H,31,36)/t14-,15?,16-,17+,21+,22-,27+/m1/s1. The maximum Gasteiger partial charge on any atom is 0.245 e. The van der Waals surface area contributed by atoms with Gasteiger partial charge in [-0.25, -0.2) is 8.78 Å². The van der Waals surface area contributed by atoms with Gasteiger partial charge in [0.2, 0.25) is 17.7 Å². The molecular weight excluding hydrogens is 466 g/mol. The molecule has 2 saturated heterocycles. The van der Waals surface area contributed by atoms with Gasteiger partial charge >= 0.3 is 0 Å². The van der Waals surface area contributed by atoms with E-state index in [2.05, 4.69) is 5.32 Å². The molecular formula is C27H36F2N4O3. The number of hydrogen-bond acceptors (Lipinski definition) is 4. The minimum absolute atomic E-state index is 0.0403. The molecule has 1 aliphatic carbocycles. The topological polar surface area (TPSA) is 95.7 Å². The number of nitrogens with one attached hydrogen (secondary N) is 1. The number of nitrogens with zero attached hydrogens (tertiary/aromatic N) is 2. The molecule has 7 atom stereocenters. The lowest BCUT2D eigenvalue weighted by Gasteiger charge is -2.37. The summed E-state index contributed by atoms with van der Waals surface area (Å²) in [5.74, 6) is -1.63. The zero-order valence-electron chi connectivity index (χ0n) is 21.4. The summed E-state index contributed by atoms with van der Waals surface area (Å²) in [5, 5.41) is 2.68. The Labute approximate surface area is 210 Å². The quantitative estimate of drug-likeness (QED) is 0.650. The first-order valence-corrected chi connectivity index (χ1v) is 13.0. The smallest absolute Gasteiger partial charge is 0.245 e. The molecule has 3 heterocycles. The van der Waals surface area contributed by atoms with E-state index >= 15 is 0 Å². The first kappa shape index (κ1) is 25.1. The molecule has 1 spiro atoms. The van der Waals surface area contributed by atoms with Crippen molar-refractivity contribution in [2.45, 2.75) is 83.1 Å². The van der Waals surface area contributed by atoms with E-state index in [1.807, 2.05) is 27.7 Å². The van der Waals surface area contributed by atoms with Crippen LogP contribution in [0.15, 0.2) is 18.2 Å². The van der Waals surface area contributed by atoms with Crippen molar-refractivity contribution in [1.29, 1.82) is 0 Å². The van der Waals surface area contributed by atoms with Crippen LogP contribution in [0.4, 0.5) is 14.5 Å². The van der Waals surface area contributed by atoms with Crippen LogP contribution >= 0.6 is 0 Å².